The summed E-state index contributed by atoms with van der Waals surface area (Å²) < 4.78 is 5.79. The van der Waals surface area contributed by atoms with E-state index in [-0.39, 0.29) is 12.2 Å². The minimum atomic E-state index is -0.209. The number of nitrogens with zero attached hydrogens (tertiary/aromatic N) is 1. The summed E-state index contributed by atoms with van der Waals surface area (Å²) in [6.07, 6.45) is 1.48. The van der Waals surface area contributed by atoms with Gasteiger partial charge in [0.1, 0.15) is 5.76 Å². The number of aromatic amines is 1. The molecule has 0 spiro atoms. The molecule has 2 heterocycles. The minimum Gasteiger partial charge on any atom is -0.458 e. The Balaban J connectivity index is 1.94. The zero-order chi connectivity index (χ0) is 14.3. The second kappa shape index (κ2) is 4.90. The molecule has 0 bridgehead atoms. The smallest absolute Gasteiger partial charge is 0.254 e. The molecule has 0 amide bonds. The summed E-state index contributed by atoms with van der Waals surface area (Å²) in [5.74, 6) is 3.19. The summed E-state index contributed by atoms with van der Waals surface area (Å²) in [5, 5.41) is 8.95. The standard InChI is InChI=1S/C15H18N2O3/c1-8-7-11(8)12-3-4-13(20-12)14-16-9(2)10(5-6-18)15(19)17-14/h3-4,8,11,18H,5-7H2,1-2H3,(H,16,17,19). The number of furan rings is 1. The number of aliphatic hydroxyl groups is 1. The van der Waals surface area contributed by atoms with Gasteiger partial charge in [0.05, 0.1) is 0 Å². The van der Waals surface area contributed by atoms with Gasteiger partial charge in [0.25, 0.3) is 5.56 Å². The van der Waals surface area contributed by atoms with Gasteiger partial charge in [-0.05, 0) is 31.4 Å². The summed E-state index contributed by atoms with van der Waals surface area (Å²) in [5.41, 5.74) is 0.952. The van der Waals surface area contributed by atoms with E-state index in [4.69, 9.17) is 9.52 Å². The van der Waals surface area contributed by atoms with Crippen molar-refractivity contribution < 1.29 is 9.52 Å². The highest BCUT2D eigenvalue weighted by molar-refractivity contribution is 5.48. The van der Waals surface area contributed by atoms with Gasteiger partial charge in [-0.2, -0.15) is 0 Å². The van der Waals surface area contributed by atoms with Gasteiger partial charge < -0.3 is 14.5 Å². The molecular weight excluding hydrogens is 256 g/mol. The Kier molecular flexibility index (Phi) is 3.22. The molecule has 5 nitrogen and oxygen atoms in total. The van der Waals surface area contributed by atoms with Crippen molar-refractivity contribution in [2.45, 2.75) is 32.6 Å². The number of aromatic nitrogens is 2. The SMILES string of the molecule is Cc1nc(-c2ccc(C3CC3C)o2)[nH]c(=O)c1CCO. The van der Waals surface area contributed by atoms with Gasteiger partial charge >= 0.3 is 0 Å². The van der Waals surface area contributed by atoms with Crippen molar-refractivity contribution in [3.8, 4) is 11.6 Å². The van der Waals surface area contributed by atoms with E-state index < -0.39 is 0 Å². The van der Waals surface area contributed by atoms with E-state index >= 15 is 0 Å². The molecule has 5 heteroatoms. The minimum absolute atomic E-state index is 0.0601. The second-order valence-corrected chi connectivity index (χ2v) is 5.47. The highest BCUT2D eigenvalue weighted by atomic mass is 16.3. The second-order valence-electron chi connectivity index (χ2n) is 5.47. The molecule has 1 aliphatic rings. The topological polar surface area (TPSA) is 79.1 Å². The summed E-state index contributed by atoms with van der Waals surface area (Å²) in [6.45, 7) is 3.91. The van der Waals surface area contributed by atoms with E-state index in [0.717, 1.165) is 12.2 Å². The predicted octanol–water partition coefficient (Wildman–Crippen LogP) is 2.00. The molecule has 2 aromatic rings. The van der Waals surface area contributed by atoms with E-state index in [1.165, 1.54) is 0 Å². The lowest BCUT2D eigenvalue weighted by Gasteiger charge is -2.04. The van der Waals surface area contributed by atoms with Crippen LogP contribution in [0.3, 0.4) is 0 Å². The largest absolute Gasteiger partial charge is 0.458 e. The third-order valence-electron chi connectivity index (χ3n) is 3.92. The first-order valence-electron chi connectivity index (χ1n) is 6.91. The van der Waals surface area contributed by atoms with Crippen molar-refractivity contribution >= 4 is 0 Å². The zero-order valence-corrected chi connectivity index (χ0v) is 11.6. The van der Waals surface area contributed by atoms with E-state index in [9.17, 15) is 4.79 Å². The Hall–Kier alpha value is -1.88. The van der Waals surface area contributed by atoms with Gasteiger partial charge in [0.2, 0.25) is 0 Å². The van der Waals surface area contributed by atoms with Crippen molar-refractivity contribution in [1.82, 2.24) is 9.97 Å². The average Bonchev–Trinajstić information content (AvgIpc) is 2.95. The first-order valence-corrected chi connectivity index (χ1v) is 6.91. The maximum atomic E-state index is 12.0. The highest BCUT2D eigenvalue weighted by Gasteiger charge is 2.36. The van der Waals surface area contributed by atoms with Crippen LogP contribution in [0.5, 0.6) is 0 Å². The Morgan fingerprint density at radius 3 is 2.85 bits per heavy atom. The van der Waals surface area contributed by atoms with Crippen LogP contribution in [-0.4, -0.2) is 21.7 Å². The Morgan fingerprint density at radius 2 is 2.25 bits per heavy atom. The number of hydrogen-bond donors (Lipinski definition) is 2. The van der Waals surface area contributed by atoms with Gasteiger partial charge in [-0.15, -0.1) is 0 Å². The summed E-state index contributed by atoms with van der Waals surface area (Å²) in [6, 6.07) is 3.81. The fourth-order valence-electron chi connectivity index (χ4n) is 2.53. The van der Waals surface area contributed by atoms with Crippen LogP contribution >= 0.6 is 0 Å². The molecule has 0 radical (unpaired) electrons. The molecule has 2 atom stereocenters. The van der Waals surface area contributed by atoms with Crippen LogP contribution in [-0.2, 0) is 6.42 Å². The van der Waals surface area contributed by atoms with Crippen LogP contribution in [0, 0.1) is 12.8 Å². The van der Waals surface area contributed by atoms with Crippen LogP contribution in [0.25, 0.3) is 11.6 Å². The Labute approximate surface area is 116 Å². The van der Waals surface area contributed by atoms with Gasteiger partial charge in [-0.3, -0.25) is 4.79 Å². The van der Waals surface area contributed by atoms with Crippen LogP contribution < -0.4 is 5.56 Å². The molecule has 3 rings (SSSR count). The van der Waals surface area contributed by atoms with Crippen LogP contribution in [0.4, 0.5) is 0 Å². The van der Waals surface area contributed by atoms with E-state index in [1.807, 2.05) is 12.1 Å². The fraction of sp³-hybridized carbons (Fsp3) is 0.467. The summed E-state index contributed by atoms with van der Waals surface area (Å²) in [4.78, 5) is 19.1. The maximum Gasteiger partial charge on any atom is 0.254 e. The van der Waals surface area contributed by atoms with Crippen molar-refractivity contribution in [1.29, 1.82) is 0 Å². The summed E-state index contributed by atoms with van der Waals surface area (Å²) >= 11 is 0. The fourth-order valence-corrected chi connectivity index (χ4v) is 2.53. The molecule has 2 unspecified atom stereocenters. The van der Waals surface area contributed by atoms with Crippen LogP contribution in [0.1, 0.15) is 36.3 Å². The lowest BCUT2D eigenvalue weighted by Crippen LogP contribution is -2.18. The molecule has 106 valence electrons. The lowest BCUT2D eigenvalue weighted by atomic mass is 10.2. The molecule has 1 saturated carbocycles. The number of aryl methyl sites for hydroxylation is 1. The van der Waals surface area contributed by atoms with Crippen LogP contribution in [0.15, 0.2) is 21.3 Å². The zero-order valence-electron chi connectivity index (χ0n) is 11.6. The van der Waals surface area contributed by atoms with Gasteiger partial charge in [0.15, 0.2) is 11.6 Å². The first-order chi connectivity index (χ1) is 9.60. The van der Waals surface area contributed by atoms with Crippen molar-refractivity contribution in [2.24, 2.45) is 5.92 Å². The Morgan fingerprint density at radius 1 is 1.50 bits per heavy atom. The molecule has 0 aromatic carbocycles. The van der Waals surface area contributed by atoms with Crippen LogP contribution in [0.2, 0.25) is 0 Å². The van der Waals surface area contributed by atoms with E-state index in [1.54, 1.807) is 6.92 Å². The van der Waals surface area contributed by atoms with Gasteiger partial charge in [-0.1, -0.05) is 6.92 Å². The molecule has 2 aromatic heterocycles. The normalized spacial score (nSPS) is 21.1. The average molecular weight is 274 g/mol. The molecule has 1 fully saturated rings. The monoisotopic (exact) mass is 274 g/mol. The predicted molar refractivity (Wildman–Crippen MR) is 74.6 cm³/mol. The number of aliphatic hydroxyl groups excluding tert-OH is 1. The van der Waals surface area contributed by atoms with Crippen molar-refractivity contribution in [2.75, 3.05) is 6.61 Å². The van der Waals surface area contributed by atoms with E-state index in [2.05, 4.69) is 16.9 Å². The van der Waals surface area contributed by atoms with Gasteiger partial charge in [-0.25, -0.2) is 4.98 Å². The number of rotatable bonds is 4. The van der Waals surface area contributed by atoms with Crippen molar-refractivity contribution in [3.05, 3.63) is 39.5 Å². The van der Waals surface area contributed by atoms with Gasteiger partial charge in [0, 0.05) is 30.2 Å². The third-order valence-corrected chi connectivity index (χ3v) is 3.92. The number of hydrogen-bond acceptors (Lipinski definition) is 4. The quantitative estimate of drug-likeness (QED) is 0.893. The summed E-state index contributed by atoms with van der Waals surface area (Å²) in [7, 11) is 0. The highest BCUT2D eigenvalue weighted by Crippen LogP contribution is 2.47. The first kappa shape index (κ1) is 13.1. The third kappa shape index (κ3) is 2.29. The molecule has 0 aliphatic heterocycles. The molecule has 2 N–H and O–H groups in total. The molecular formula is C15H18N2O3. The molecule has 20 heavy (non-hydrogen) atoms. The molecule has 1 aliphatic carbocycles. The lowest BCUT2D eigenvalue weighted by molar-refractivity contribution is 0.298. The maximum absolute atomic E-state index is 12.0. The molecule has 0 saturated heterocycles. The van der Waals surface area contributed by atoms with E-state index in [0.29, 0.717) is 41.1 Å². The number of nitrogens with one attached hydrogen (secondary N) is 1. The number of H-pyrrole nitrogens is 1. The Bertz CT molecular complexity index is 687. The van der Waals surface area contributed by atoms with Crippen molar-refractivity contribution in [3.63, 3.8) is 0 Å².